The Labute approximate surface area is 226 Å². The van der Waals surface area contributed by atoms with Gasteiger partial charge in [-0.1, -0.05) is 0 Å². The Balaban J connectivity index is 1.43. The van der Waals surface area contributed by atoms with Gasteiger partial charge in [-0.3, -0.25) is 14.6 Å². The molecule has 40 heavy (non-hydrogen) atoms. The number of benzene rings is 1. The molecule has 0 saturated carbocycles. The van der Waals surface area contributed by atoms with Crippen LogP contribution in [0, 0.1) is 0 Å². The number of aromatic nitrogens is 4. The number of nitrogens with zero attached hydrogens (tertiary/aromatic N) is 4. The second-order valence-corrected chi connectivity index (χ2v) is 9.40. The Hall–Kier alpha value is -4.23. The fraction of sp³-hybridized carbons (Fsp3) is 0.333. The molecule has 4 heterocycles. The van der Waals surface area contributed by atoms with Gasteiger partial charge in [-0.05, 0) is 31.2 Å². The number of hydrogen-bond donors (Lipinski definition) is 1. The molecule has 0 spiro atoms. The average molecular weight is 558 g/mol. The van der Waals surface area contributed by atoms with Gasteiger partial charge in [0.15, 0.2) is 0 Å². The Morgan fingerprint density at radius 3 is 2.70 bits per heavy atom. The fourth-order valence-corrected chi connectivity index (χ4v) is 4.35. The number of Topliss-reactive ketones (excluding diaryl/α,β-unsaturated/α-hetero) is 1. The summed E-state index contributed by atoms with van der Waals surface area (Å²) in [6.07, 6.45) is -2.70. The molecule has 5 rings (SSSR count). The van der Waals surface area contributed by atoms with Gasteiger partial charge in [0.25, 0.3) is 5.56 Å². The van der Waals surface area contributed by atoms with Gasteiger partial charge in [0.05, 0.1) is 54.8 Å². The molecule has 0 amide bonds. The molecular formula is C27H26F3N5O5. The highest BCUT2D eigenvalue weighted by atomic mass is 19.4. The highest BCUT2D eigenvalue weighted by Crippen LogP contribution is 2.32. The van der Waals surface area contributed by atoms with Crippen molar-refractivity contribution in [3.8, 4) is 11.5 Å². The van der Waals surface area contributed by atoms with Gasteiger partial charge in [-0.15, -0.1) is 0 Å². The van der Waals surface area contributed by atoms with Gasteiger partial charge in [-0.25, -0.2) is 4.98 Å². The summed E-state index contributed by atoms with van der Waals surface area (Å²) in [7, 11) is 1.66. The predicted octanol–water partition coefficient (Wildman–Crippen LogP) is 4.23. The molecule has 0 bridgehead atoms. The first-order valence-electron chi connectivity index (χ1n) is 12.4. The minimum absolute atomic E-state index is 0.0233. The molecule has 1 aliphatic heterocycles. The first-order chi connectivity index (χ1) is 19.1. The molecule has 1 atom stereocenters. The number of ketones is 1. The van der Waals surface area contributed by atoms with Gasteiger partial charge in [-0.2, -0.15) is 13.2 Å². The van der Waals surface area contributed by atoms with E-state index >= 15 is 0 Å². The third kappa shape index (κ3) is 6.15. The number of imidazole rings is 1. The van der Waals surface area contributed by atoms with Crippen LogP contribution in [0.1, 0.15) is 18.2 Å². The number of halogens is 3. The highest BCUT2D eigenvalue weighted by Gasteiger charge is 2.33. The van der Waals surface area contributed by atoms with Crippen LogP contribution in [-0.2, 0) is 40.5 Å². The van der Waals surface area contributed by atoms with Crippen molar-refractivity contribution in [2.24, 2.45) is 7.05 Å². The summed E-state index contributed by atoms with van der Waals surface area (Å²) in [6.45, 7) is 2.26. The molecule has 1 aromatic carbocycles. The van der Waals surface area contributed by atoms with E-state index in [-0.39, 0.29) is 37.0 Å². The number of hydrogen-bond acceptors (Lipinski definition) is 8. The zero-order valence-corrected chi connectivity index (χ0v) is 21.7. The number of rotatable bonds is 8. The van der Waals surface area contributed by atoms with Crippen LogP contribution < -0.4 is 15.6 Å². The van der Waals surface area contributed by atoms with Crippen molar-refractivity contribution in [1.29, 1.82) is 0 Å². The van der Waals surface area contributed by atoms with E-state index in [1.165, 1.54) is 6.92 Å². The van der Waals surface area contributed by atoms with Crippen LogP contribution in [0.2, 0.25) is 0 Å². The first kappa shape index (κ1) is 27.3. The van der Waals surface area contributed by atoms with E-state index in [1.54, 1.807) is 48.1 Å². The molecule has 1 aliphatic rings. The lowest BCUT2D eigenvalue weighted by atomic mass is 10.2. The molecular weight excluding hydrogens is 531 g/mol. The largest absolute Gasteiger partial charge is 0.457 e. The van der Waals surface area contributed by atoms with E-state index in [1.807, 2.05) is 0 Å². The van der Waals surface area contributed by atoms with Crippen LogP contribution in [0.5, 0.6) is 11.5 Å². The number of pyridine rings is 2. The summed E-state index contributed by atoms with van der Waals surface area (Å²) in [5.74, 6) is 1.10. The molecule has 3 aromatic heterocycles. The van der Waals surface area contributed by atoms with Gasteiger partial charge in [0.1, 0.15) is 23.0 Å². The molecule has 0 radical (unpaired) electrons. The van der Waals surface area contributed by atoms with E-state index in [0.29, 0.717) is 41.4 Å². The van der Waals surface area contributed by atoms with Crippen molar-refractivity contribution in [1.82, 2.24) is 19.1 Å². The Morgan fingerprint density at radius 2 is 1.98 bits per heavy atom. The van der Waals surface area contributed by atoms with Crippen LogP contribution in [0.25, 0.3) is 11.0 Å². The van der Waals surface area contributed by atoms with Gasteiger partial charge in [0, 0.05) is 38.0 Å². The molecule has 13 heteroatoms. The average Bonchev–Trinajstić information content (AvgIpc) is 3.20. The molecule has 4 aromatic rings. The molecule has 0 aliphatic carbocycles. The van der Waals surface area contributed by atoms with Crippen LogP contribution >= 0.6 is 0 Å². The van der Waals surface area contributed by atoms with Crippen molar-refractivity contribution in [2.45, 2.75) is 32.2 Å². The Bertz CT molecular complexity index is 1610. The number of alkyl halides is 3. The standard InChI is InChI=1S/C27H26F3N5O5/c1-16(36)9-18-11-20(5-6-31-18)40-19-3-4-22-24(12-19)34(2)26(32-22)33-23-10-17(27(28,29)30)13-35(25(23)37)14-21-15-38-7-8-39-21/h3-6,10-13,21H,7-9,14-15H2,1-2H3,(H,32,33). The lowest BCUT2D eigenvalue weighted by Crippen LogP contribution is -2.36. The van der Waals surface area contributed by atoms with E-state index in [0.717, 1.165) is 16.8 Å². The maximum atomic E-state index is 13.7. The van der Waals surface area contributed by atoms with Crippen molar-refractivity contribution >= 4 is 28.5 Å². The van der Waals surface area contributed by atoms with Gasteiger partial charge >= 0.3 is 6.18 Å². The van der Waals surface area contributed by atoms with Crippen LogP contribution in [-0.4, -0.2) is 50.8 Å². The Kier molecular flexibility index (Phi) is 7.59. The quantitative estimate of drug-likeness (QED) is 0.343. The number of aryl methyl sites for hydroxylation is 1. The topological polar surface area (TPSA) is 110 Å². The van der Waals surface area contributed by atoms with Crippen LogP contribution in [0.15, 0.2) is 53.6 Å². The molecule has 1 unspecified atom stereocenters. The maximum Gasteiger partial charge on any atom is 0.417 e. The number of anilines is 2. The molecule has 1 fully saturated rings. The number of nitrogens with one attached hydrogen (secondary N) is 1. The maximum absolute atomic E-state index is 13.7. The van der Waals surface area contributed by atoms with E-state index in [2.05, 4.69) is 15.3 Å². The highest BCUT2D eigenvalue weighted by molar-refractivity contribution is 5.81. The lowest BCUT2D eigenvalue weighted by molar-refractivity contribution is -0.138. The van der Waals surface area contributed by atoms with Crippen molar-refractivity contribution in [3.05, 3.63) is 70.4 Å². The van der Waals surface area contributed by atoms with Crippen LogP contribution in [0.3, 0.4) is 0 Å². The second kappa shape index (κ2) is 11.1. The predicted molar refractivity (Wildman–Crippen MR) is 139 cm³/mol. The smallest absolute Gasteiger partial charge is 0.417 e. The van der Waals surface area contributed by atoms with E-state index in [4.69, 9.17) is 14.2 Å². The normalized spacial score (nSPS) is 15.8. The molecule has 1 saturated heterocycles. The van der Waals surface area contributed by atoms with Crippen LogP contribution in [0.4, 0.5) is 24.8 Å². The zero-order valence-electron chi connectivity index (χ0n) is 21.7. The Morgan fingerprint density at radius 1 is 1.18 bits per heavy atom. The SMILES string of the molecule is CC(=O)Cc1cc(Oc2ccc3nc(Nc4cc(C(F)(F)F)cn(CC5COCCO5)c4=O)n(C)c3c2)ccn1. The van der Waals surface area contributed by atoms with E-state index in [9.17, 15) is 22.8 Å². The van der Waals surface area contributed by atoms with Gasteiger partial charge < -0.3 is 28.7 Å². The zero-order chi connectivity index (χ0) is 28.4. The van der Waals surface area contributed by atoms with E-state index < -0.39 is 23.4 Å². The number of carbonyl (C=O) groups is 1. The minimum Gasteiger partial charge on any atom is -0.457 e. The summed E-state index contributed by atoms with van der Waals surface area (Å²) < 4.78 is 60.5. The second-order valence-electron chi connectivity index (χ2n) is 9.40. The fourth-order valence-electron chi connectivity index (χ4n) is 4.35. The summed E-state index contributed by atoms with van der Waals surface area (Å²) in [4.78, 5) is 33.2. The first-order valence-corrected chi connectivity index (χ1v) is 12.4. The minimum atomic E-state index is -4.67. The third-order valence-electron chi connectivity index (χ3n) is 6.25. The molecule has 10 nitrogen and oxygen atoms in total. The molecule has 210 valence electrons. The summed E-state index contributed by atoms with van der Waals surface area (Å²) in [5.41, 5.74) is -0.203. The third-order valence-corrected chi connectivity index (χ3v) is 6.25. The summed E-state index contributed by atoms with van der Waals surface area (Å²) >= 11 is 0. The van der Waals surface area contributed by atoms with Crippen molar-refractivity contribution < 1.29 is 32.2 Å². The number of carbonyl (C=O) groups excluding carboxylic acids is 1. The van der Waals surface area contributed by atoms with Crippen molar-refractivity contribution in [2.75, 3.05) is 25.1 Å². The number of ether oxygens (including phenoxy) is 3. The van der Waals surface area contributed by atoms with Crippen molar-refractivity contribution in [3.63, 3.8) is 0 Å². The number of fused-ring (bicyclic) bond motifs is 1. The monoisotopic (exact) mass is 557 g/mol. The molecule has 1 N–H and O–H groups in total. The van der Waals surface area contributed by atoms with Gasteiger partial charge in [0.2, 0.25) is 5.95 Å². The summed E-state index contributed by atoms with van der Waals surface area (Å²) in [5, 5.41) is 2.78. The lowest BCUT2D eigenvalue weighted by Gasteiger charge is -2.24. The summed E-state index contributed by atoms with van der Waals surface area (Å²) in [6, 6.07) is 9.20.